The van der Waals surface area contributed by atoms with E-state index >= 15 is 0 Å². The van der Waals surface area contributed by atoms with Gasteiger partial charge in [-0.1, -0.05) is 13.3 Å². The monoisotopic (exact) mass is 340 g/mol. The number of nitrogens with one attached hydrogen (secondary N) is 1. The molecule has 0 aliphatic carbocycles. The first-order valence-corrected chi connectivity index (χ1v) is 9.45. The number of rotatable bonds is 6. The van der Waals surface area contributed by atoms with Gasteiger partial charge in [-0.2, -0.15) is 4.31 Å². The Kier molecular flexibility index (Phi) is 6.15. The normalized spacial score (nSPS) is 17.7. The van der Waals surface area contributed by atoms with E-state index in [4.69, 9.17) is 5.11 Å². The maximum absolute atomic E-state index is 12.5. The predicted molar refractivity (Wildman–Crippen MR) is 87.7 cm³/mol. The molecule has 0 radical (unpaired) electrons. The summed E-state index contributed by atoms with van der Waals surface area (Å²) < 4.78 is 26.6. The second-order valence-corrected chi connectivity index (χ2v) is 7.69. The summed E-state index contributed by atoms with van der Waals surface area (Å²) in [5.41, 5.74) is 0.384. The van der Waals surface area contributed by atoms with Gasteiger partial charge in [-0.15, -0.1) is 0 Å². The van der Waals surface area contributed by atoms with Crippen LogP contribution in [0.5, 0.6) is 0 Å². The number of aliphatic hydroxyl groups excluding tert-OH is 1. The number of aliphatic hydroxyl groups is 1. The molecule has 0 spiro atoms. The molecule has 1 atom stereocenters. The van der Waals surface area contributed by atoms with Gasteiger partial charge in [0.15, 0.2) is 0 Å². The number of hydrogen-bond acceptors (Lipinski definition) is 4. The molecule has 1 heterocycles. The van der Waals surface area contributed by atoms with Crippen molar-refractivity contribution in [2.24, 2.45) is 0 Å². The summed E-state index contributed by atoms with van der Waals surface area (Å²) in [5.74, 6) is -0.312. The van der Waals surface area contributed by atoms with E-state index in [-0.39, 0.29) is 23.5 Å². The van der Waals surface area contributed by atoms with Crippen LogP contribution in [0.15, 0.2) is 29.2 Å². The Balaban J connectivity index is 2.11. The van der Waals surface area contributed by atoms with Gasteiger partial charge >= 0.3 is 0 Å². The quantitative estimate of drug-likeness (QED) is 0.819. The van der Waals surface area contributed by atoms with Crippen LogP contribution < -0.4 is 5.32 Å². The largest absolute Gasteiger partial charge is 0.394 e. The highest BCUT2D eigenvalue weighted by atomic mass is 32.2. The highest BCUT2D eigenvalue weighted by Crippen LogP contribution is 2.20. The van der Waals surface area contributed by atoms with Gasteiger partial charge in [0, 0.05) is 18.7 Å². The molecule has 2 rings (SSSR count). The molecule has 1 aliphatic heterocycles. The zero-order chi connectivity index (χ0) is 16.9. The van der Waals surface area contributed by atoms with Crippen LogP contribution in [-0.4, -0.2) is 49.5 Å². The van der Waals surface area contributed by atoms with Gasteiger partial charge < -0.3 is 10.4 Å². The first kappa shape index (κ1) is 17.9. The van der Waals surface area contributed by atoms with Crippen LogP contribution in [0.1, 0.15) is 43.0 Å². The maximum Gasteiger partial charge on any atom is 0.251 e. The maximum atomic E-state index is 12.5. The molecule has 1 saturated heterocycles. The van der Waals surface area contributed by atoms with Crippen molar-refractivity contribution in [2.75, 3.05) is 19.7 Å². The number of carbonyl (C=O) groups excluding carboxylic acids is 1. The third-order valence-corrected chi connectivity index (χ3v) is 6.03. The van der Waals surface area contributed by atoms with Gasteiger partial charge in [0.25, 0.3) is 5.91 Å². The molecule has 1 aromatic carbocycles. The number of benzene rings is 1. The molecular formula is C16H24N2O4S. The molecule has 2 N–H and O–H groups in total. The molecular weight excluding hydrogens is 316 g/mol. The molecule has 1 aromatic rings. The number of sulfonamides is 1. The van der Waals surface area contributed by atoms with Crippen LogP contribution in [0.3, 0.4) is 0 Å². The third-order valence-electron chi connectivity index (χ3n) is 4.12. The van der Waals surface area contributed by atoms with Crippen molar-refractivity contribution in [1.82, 2.24) is 9.62 Å². The first-order chi connectivity index (χ1) is 11.0. The zero-order valence-electron chi connectivity index (χ0n) is 13.4. The van der Waals surface area contributed by atoms with Crippen molar-refractivity contribution in [3.8, 4) is 0 Å². The van der Waals surface area contributed by atoms with Crippen LogP contribution >= 0.6 is 0 Å². The zero-order valence-corrected chi connectivity index (χ0v) is 14.2. The summed E-state index contributed by atoms with van der Waals surface area (Å²) in [6, 6.07) is 5.67. The van der Waals surface area contributed by atoms with E-state index in [2.05, 4.69) is 5.32 Å². The Labute approximate surface area is 137 Å². The molecule has 0 bridgehead atoms. The smallest absolute Gasteiger partial charge is 0.251 e. The summed E-state index contributed by atoms with van der Waals surface area (Å²) in [6.45, 7) is 2.86. The number of piperidine rings is 1. The number of amides is 1. The lowest BCUT2D eigenvalue weighted by Gasteiger charge is -2.25. The Morgan fingerprint density at radius 1 is 1.22 bits per heavy atom. The van der Waals surface area contributed by atoms with Gasteiger partial charge in [0.2, 0.25) is 10.0 Å². The summed E-state index contributed by atoms with van der Waals surface area (Å²) >= 11 is 0. The van der Waals surface area contributed by atoms with Crippen molar-refractivity contribution < 1.29 is 18.3 Å². The molecule has 0 saturated carbocycles. The minimum absolute atomic E-state index is 0.121. The molecule has 1 aliphatic rings. The number of hydrogen-bond donors (Lipinski definition) is 2. The summed E-state index contributed by atoms with van der Waals surface area (Å²) in [6.07, 6.45) is 3.47. The summed E-state index contributed by atoms with van der Waals surface area (Å²) in [7, 11) is -3.48. The molecule has 1 amide bonds. The lowest BCUT2D eigenvalue weighted by molar-refractivity contribution is 0.0915. The van der Waals surface area contributed by atoms with Gasteiger partial charge in [-0.25, -0.2) is 8.42 Å². The Morgan fingerprint density at radius 3 is 2.35 bits per heavy atom. The number of carbonyl (C=O) groups is 1. The highest BCUT2D eigenvalue weighted by Gasteiger charge is 2.26. The van der Waals surface area contributed by atoms with E-state index in [1.165, 1.54) is 28.6 Å². The van der Waals surface area contributed by atoms with Crippen molar-refractivity contribution in [1.29, 1.82) is 0 Å². The molecule has 1 fully saturated rings. The van der Waals surface area contributed by atoms with Gasteiger partial charge in [-0.05, 0) is 43.5 Å². The Bertz CT molecular complexity index is 618. The Hall–Kier alpha value is -1.44. The highest BCUT2D eigenvalue weighted by molar-refractivity contribution is 7.89. The van der Waals surface area contributed by atoms with Gasteiger partial charge in [0.1, 0.15) is 0 Å². The third kappa shape index (κ3) is 4.31. The predicted octanol–water partition coefficient (Wildman–Crippen LogP) is 1.36. The SMILES string of the molecule is CC[C@@H](CO)NC(=O)c1ccc(S(=O)(=O)N2CCCCC2)cc1. The average molecular weight is 340 g/mol. The second-order valence-electron chi connectivity index (χ2n) is 5.75. The number of nitrogens with zero attached hydrogens (tertiary/aromatic N) is 1. The lowest BCUT2D eigenvalue weighted by atomic mass is 10.2. The van der Waals surface area contributed by atoms with Gasteiger partial charge in [-0.3, -0.25) is 4.79 Å². The molecule has 128 valence electrons. The lowest BCUT2D eigenvalue weighted by Crippen LogP contribution is -2.37. The standard InChI is InChI=1S/C16H24N2O4S/c1-2-14(12-19)17-16(20)13-6-8-15(9-7-13)23(21,22)18-10-4-3-5-11-18/h6-9,14,19H,2-5,10-12H2,1H3,(H,17,20)/t14-/m0/s1. The van der Waals surface area contributed by atoms with Crippen molar-refractivity contribution in [2.45, 2.75) is 43.5 Å². The van der Waals surface area contributed by atoms with Crippen molar-refractivity contribution >= 4 is 15.9 Å². The van der Waals surface area contributed by atoms with E-state index in [0.29, 0.717) is 25.1 Å². The van der Waals surface area contributed by atoms with Crippen LogP contribution in [0, 0.1) is 0 Å². The molecule has 0 unspecified atom stereocenters. The van der Waals surface area contributed by atoms with E-state index in [9.17, 15) is 13.2 Å². The van der Waals surface area contributed by atoms with Gasteiger partial charge in [0.05, 0.1) is 17.5 Å². The fraction of sp³-hybridized carbons (Fsp3) is 0.562. The van der Waals surface area contributed by atoms with Crippen molar-refractivity contribution in [3.63, 3.8) is 0 Å². The van der Waals surface area contributed by atoms with Crippen LogP contribution in [0.25, 0.3) is 0 Å². The van der Waals surface area contributed by atoms with Crippen LogP contribution in [0.4, 0.5) is 0 Å². The fourth-order valence-electron chi connectivity index (χ4n) is 2.58. The Morgan fingerprint density at radius 2 is 1.83 bits per heavy atom. The minimum Gasteiger partial charge on any atom is -0.394 e. The fourth-order valence-corrected chi connectivity index (χ4v) is 4.10. The minimum atomic E-state index is -3.48. The van der Waals surface area contributed by atoms with E-state index in [0.717, 1.165) is 19.3 Å². The molecule has 7 heteroatoms. The molecule has 0 aromatic heterocycles. The molecule has 23 heavy (non-hydrogen) atoms. The summed E-state index contributed by atoms with van der Waals surface area (Å²) in [5, 5.41) is 11.8. The second kappa shape index (κ2) is 7.90. The van der Waals surface area contributed by atoms with Crippen LogP contribution in [-0.2, 0) is 10.0 Å². The van der Waals surface area contributed by atoms with E-state index in [1.807, 2.05) is 6.92 Å². The first-order valence-electron chi connectivity index (χ1n) is 8.01. The average Bonchev–Trinajstić information content (AvgIpc) is 2.60. The van der Waals surface area contributed by atoms with E-state index < -0.39 is 10.0 Å². The topological polar surface area (TPSA) is 86.7 Å². The van der Waals surface area contributed by atoms with Crippen LogP contribution in [0.2, 0.25) is 0 Å². The van der Waals surface area contributed by atoms with E-state index in [1.54, 1.807) is 0 Å². The summed E-state index contributed by atoms with van der Waals surface area (Å²) in [4.78, 5) is 12.3. The molecule has 6 nitrogen and oxygen atoms in total. The van der Waals surface area contributed by atoms with Crippen molar-refractivity contribution in [3.05, 3.63) is 29.8 Å².